The molecule has 0 aromatic rings. The highest BCUT2D eigenvalue weighted by Gasteiger charge is 1.96. The lowest BCUT2D eigenvalue weighted by Gasteiger charge is -2.15. The summed E-state index contributed by atoms with van der Waals surface area (Å²) in [5, 5.41) is 11.7. The number of nitrogens with zero attached hydrogens (tertiary/aromatic N) is 1. The van der Waals surface area contributed by atoms with E-state index >= 15 is 0 Å². The molecule has 0 saturated heterocycles. The van der Waals surface area contributed by atoms with E-state index in [1.54, 1.807) is 0 Å². The number of hydrogen-bond donors (Lipinski definition) is 2. The molecule has 0 aliphatic heterocycles. The fourth-order valence-electron chi connectivity index (χ4n) is 1.14. The molecule has 0 atom stereocenters. The summed E-state index contributed by atoms with van der Waals surface area (Å²) in [5.74, 6) is 0. The van der Waals surface area contributed by atoms with E-state index in [1.807, 2.05) is 7.05 Å². The summed E-state index contributed by atoms with van der Waals surface area (Å²) in [7, 11) is 4.09. The minimum absolute atomic E-state index is 0.306. The van der Waals surface area contributed by atoms with Crippen LogP contribution in [0.4, 0.5) is 0 Å². The van der Waals surface area contributed by atoms with Gasteiger partial charge in [0.1, 0.15) is 0 Å². The lowest BCUT2D eigenvalue weighted by molar-refractivity contribution is 0.245. The number of unbranched alkanes of at least 4 members (excludes halogenated alkanes) is 1. The summed E-state index contributed by atoms with van der Waals surface area (Å²) in [4.78, 5) is 2.27. The second-order valence-corrected chi connectivity index (χ2v) is 3.19. The molecule has 0 heterocycles. The normalized spacial score (nSPS) is 11.0. The smallest absolute Gasteiger partial charge is 0.0443 e. The lowest BCUT2D eigenvalue weighted by Crippen LogP contribution is -2.22. The molecule has 0 aliphatic carbocycles. The Morgan fingerprint density at radius 2 is 1.83 bits per heavy atom. The first-order valence-corrected chi connectivity index (χ1v) is 4.75. The maximum atomic E-state index is 8.59. The average molecular weight is 174 g/mol. The van der Waals surface area contributed by atoms with Gasteiger partial charge in [0, 0.05) is 13.2 Å². The van der Waals surface area contributed by atoms with Crippen molar-refractivity contribution < 1.29 is 5.11 Å². The van der Waals surface area contributed by atoms with Gasteiger partial charge in [-0.2, -0.15) is 0 Å². The van der Waals surface area contributed by atoms with Crippen molar-refractivity contribution in [1.82, 2.24) is 10.2 Å². The van der Waals surface area contributed by atoms with Crippen LogP contribution >= 0.6 is 0 Å². The molecule has 0 amide bonds. The van der Waals surface area contributed by atoms with Gasteiger partial charge in [-0.05, 0) is 46.4 Å². The van der Waals surface area contributed by atoms with Gasteiger partial charge in [0.05, 0.1) is 0 Å². The molecular weight excluding hydrogens is 152 g/mol. The van der Waals surface area contributed by atoms with Crippen LogP contribution in [0, 0.1) is 0 Å². The highest BCUT2D eigenvalue weighted by molar-refractivity contribution is 4.52. The molecule has 0 radical (unpaired) electrons. The molecule has 0 spiro atoms. The van der Waals surface area contributed by atoms with Crippen LogP contribution in [0.15, 0.2) is 0 Å². The van der Waals surface area contributed by atoms with Crippen molar-refractivity contribution in [2.45, 2.75) is 19.3 Å². The molecule has 3 heteroatoms. The number of hydrogen-bond acceptors (Lipinski definition) is 3. The van der Waals surface area contributed by atoms with E-state index in [0.717, 1.165) is 26.1 Å². The maximum Gasteiger partial charge on any atom is 0.0443 e. The molecule has 0 unspecified atom stereocenters. The van der Waals surface area contributed by atoms with E-state index in [4.69, 9.17) is 5.11 Å². The molecule has 3 nitrogen and oxygen atoms in total. The van der Waals surface area contributed by atoms with Gasteiger partial charge >= 0.3 is 0 Å². The quantitative estimate of drug-likeness (QED) is 0.520. The first kappa shape index (κ1) is 11.9. The van der Waals surface area contributed by atoms with Crippen LogP contribution in [0.25, 0.3) is 0 Å². The zero-order valence-electron chi connectivity index (χ0n) is 8.34. The molecule has 0 aromatic carbocycles. The second-order valence-electron chi connectivity index (χ2n) is 3.19. The van der Waals surface area contributed by atoms with E-state index in [0.29, 0.717) is 6.61 Å². The summed E-state index contributed by atoms with van der Waals surface area (Å²) in [6.45, 7) is 3.56. The summed E-state index contributed by atoms with van der Waals surface area (Å²) in [5.41, 5.74) is 0. The predicted octanol–water partition coefficient (Wildman–Crippen LogP) is 0.300. The van der Waals surface area contributed by atoms with Crippen molar-refractivity contribution in [1.29, 1.82) is 0 Å². The van der Waals surface area contributed by atoms with Crippen LogP contribution in [0.3, 0.4) is 0 Å². The summed E-state index contributed by atoms with van der Waals surface area (Å²) < 4.78 is 0. The monoisotopic (exact) mass is 174 g/mol. The van der Waals surface area contributed by atoms with Gasteiger partial charge in [0.2, 0.25) is 0 Å². The third-order valence-corrected chi connectivity index (χ3v) is 1.91. The van der Waals surface area contributed by atoms with E-state index in [9.17, 15) is 0 Å². The van der Waals surface area contributed by atoms with Crippen LogP contribution < -0.4 is 5.32 Å². The van der Waals surface area contributed by atoms with Gasteiger partial charge in [-0.25, -0.2) is 0 Å². The Kier molecular flexibility index (Phi) is 8.88. The first-order chi connectivity index (χ1) is 5.81. The Labute approximate surface area is 75.8 Å². The van der Waals surface area contributed by atoms with Gasteiger partial charge in [0.25, 0.3) is 0 Å². The number of aliphatic hydroxyl groups is 1. The van der Waals surface area contributed by atoms with Crippen molar-refractivity contribution in [2.75, 3.05) is 40.3 Å². The molecule has 0 bridgehead atoms. The molecule has 0 aromatic heterocycles. The maximum absolute atomic E-state index is 8.59. The van der Waals surface area contributed by atoms with Crippen LogP contribution in [0.5, 0.6) is 0 Å². The fourth-order valence-corrected chi connectivity index (χ4v) is 1.14. The van der Waals surface area contributed by atoms with Gasteiger partial charge in [0.15, 0.2) is 0 Å². The summed E-state index contributed by atoms with van der Waals surface area (Å²) >= 11 is 0. The molecule has 2 N–H and O–H groups in total. The number of nitrogens with one attached hydrogen (secondary N) is 1. The van der Waals surface area contributed by atoms with E-state index < -0.39 is 0 Å². The number of rotatable bonds is 8. The van der Waals surface area contributed by atoms with Gasteiger partial charge < -0.3 is 15.3 Å². The minimum Gasteiger partial charge on any atom is -0.396 e. The molecule has 0 fully saturated rings. The fraction of sp³-hybridized carbons (Fsp3) is 1.00. The Balaban J connectivity index is 3.02. The van der Waals surface area contributed by atoms with Crippen molar-refractivity contribution in [3.05, 3.63) is 0 Å². The van der Waals surface area contributed by atoms with E-state index in [1.165, 1.54) is 12.8 Å². The van der Waals surface area contributed by atoms with E-state index in [-0.39, 0.29) is 0 Å². The van der Waals surface area contributed by atoms with Gasteiger partial charge in [-0.15, -0.1) is 0 Å². The topological polar surface area (TPSA) is 35.5 Å². The van der Waals surface area contributed by atoms with Crippen molar-refractivity contribution in [3.63, 3.8) is 0 Å². The lowest BCUT2D eigenvalue weighted by atomic mass is 10.3. The van der Waals surface area contributed by atoms with Crippen LogP contribution in [0.2, 0.25) is 0 Å². The molecule has 0 aliphatic rings. The highest BCUT2D eigenvalue weighted by atomic mass is 16.3. The number of aliphatic hydroxyl groups excluding tert-OH is 1. The van der Waals surface area contributed by atoms with Gasteiger partial charge in [-0.3, -0.25) is 0 Å². The Bertz CT molecular complexity index is 88.6. The van der Waals surface area contributed by atoms with Crippen molar-refractivity contribution in [3.8, 4) is 0 Å². The molecule has 12 heavy (non-hydrogen) atoms. The van der Waals surface area contributed by atoms with E-state index in [2.05, 4.69) is 17.3 Å². The average Bonchev–Trinajstić information content (AvgIpc) is 2.09. The van der Waals surface area contributed by atoms with Crippen LogP contribution in [0.1, 0.15) is 19.3 Å². The Morgan fingerprint density at radius 3 is 2.42 bits per heavy atom. The Hall–Kier alpha value is -0.120. The van der Waals surface area contributed by atoms with Crippen molar-refractivity contribution in [2.24, 2.45) is 0 Å². The second kappa shape index (κ2) is 8.97. The summed E-state index contributed by atoms with van der Waals surface area (Å²) in [6, 6.07) is 0. The van der Waals surface area contributed by atoms with Crippen LogP contribution in [-0.2, 0) is 0 Å². The molecule has 74 valence electrons. The van der Waals surface area contributed by atoms with Crippen LogP contribution in [-0.4, -0.2) is 50.3 Å². The molecular formula is C9H22N2O. The minimum atomic E-state index is 0.306. The Morgan fingerprint density at radius 1 is 1.17 bits per heavy atom. The third-order valence-electron chi connectivity index (χ3n) is 1.91. The molecule has 0 saturated carbocycles. The zero-order chi connectivity index (χ0) is 9.23. The first-order valence-electron chi connectivity index (χ1n) is 4.75. The zero-order valence-corrected chi connectivity index (χ0v) is 8.34. The summed E-state index contributed by atoms with van der Waals surface area (Å²) in [6.07, 6.45) is 3.37. The van der Waals surface area contributed by atoms with Crippen molar-refractivity contribution >= 4 is 0 Å². The standard InChI is InChI=1S/C9H22N2O/c1-10-6-3-4-7-11(2)8-5-9-12/h10,12H,3-9H2,1-2H3. The molecule has 0 rings (SSSR count). The largest absolute Gasteiger partial charge is 0.396 e. The highest BCUT2D eigenvalue weighted by Crippen LogP contribution is 1.92. The third kappa shape index (κ3) is 7.98. The SMILES string of the molecule is CNCCCCN(C)CCCO. The van der Waals surface area contributed by atoms with Gasteiger partial charge in [-0.1, -0.05) is 0 Å². The predicted molar refractivity (Wildman–Crippen MR) is 52.4 cm³/mol.